The van der Waals surface area contributed by atoms with Gasteiger partial charge in [-0.15, -0.1) is 11.3 Å². The van der Waals surface area contributed by atoms with Gasteiger partial charge in [-0.25, -0.2) is 17.9 Å². The smallest absolute Gasteiger partial charge is 0.349 e. The van der Waals surface area contributed by atoms with Crippen molar-refractivity contribution < 1.29 is 17.9 Å². The minimum absolute atomic E-state index is 0.0552. The van der Waals surface area contributed by atoms with Crippen LogP contribution in [0.25, 0.3) is 0 Å². The molecule has 0 aliphatic heterocycles. The molecule has 0 aliphatic rings. The highest BCUT2D eigenvalue weighted by atomic mass is 32.2. The summed E-state index contributed by atoms with van der Waals surface area (Å²) in [6.45, 7) is 0.0552. The molecule has 6 nitrogen and oxygen atoms in total. The monoisotopic (exact) mass is 312 g/mol. The Morgan fingerprint density at radius 3 is 2.85 bits per heavy atom. The van der Waals surface area contributed by atoms with Crippen molar-refractivity contribution in [3.63, 3.8) is 0 Å². The highest BCUT2D eigenvalue weighted by molar-refractivity contribution is 7.89. The Balaban J connectivity index is 2.19. The maximum absolute atomic E-state index is 12.2. The number of aromatic nitrogens is 1. The lowest BCUT2D eigenvalue weighted by molar-refractivity contribution is 0.0602. The molecule has 0 spiro atoms. The first-order chi connectivity index (χ1) is 9.54. The highest BCUT2D eigenvalue weighted by Gasteiger charge is 2.24. The van der Waals surface area contributed by atoms with E-state index in [-0.39, 0.29) is 16.3 Å². The predicted molar refractivity (Wildman–Crippen MR) is 73.9 cm³/mol. The number of thiophene rings is 1. The molecule has 106 valence electrons. The lowest BCUT2D eigenvalue weighted by Gasteiger charge is -2.06. The molecule has 2 aromatic rings. The summed E-state index contributed by atoms with van der Waals surface area (Å²) in [5.41, 5.74) is 0.589. The lowest BCUT2D eigenvalue weighted by Crippen LogP contribution is -2.24. The van der Waals surface area contributed by atoms with Crippen molar-refractivity contribution in [3.8, 4) is 0 Å². The van der Waals surface area contributed by atoms with Gasteiger partial charge in [0.2, 0.25) is 10.0 Å². The number of carbonyl (C=O) groups is 1. The van der Waals surface area contributed by atoms with Gasteiger partial charge in [0.1, 0.15) is 9.77 Å². The minimum Gasteiger partial charge on any atom is -0.465 e. The minimum atomic E-state index is -3.78. The molecule has 1 N–H and O–H groups in total. The number of hydrogen-bond donors (Lipinski definition) is 1. The molecule has 8 heteroatoms. The third kappa shape index (κ3) is 3.21. The number of methoxy groups -OCH3 is 1. The number of pyridine rings is 1. The summed E-state index contributed by atoms with van der Waals surface area (Å²) in [4.78, 5) is 15.5. The molecule has 0 bridgehead atoms. The van der Waals surface area contributed by atoms with Crippen LogP contribution in [-0.2, 0) is 21.3 Å². The Bertz CT molecular complexity index is 695. The van der Waals surface area contributed by atoms with Gasteiger partial charge in [0, 0.05) is 6.20 Å². The van der Waals surface area contributed by atoms with E-state index in [1.807, 2.05) is 0 Å². The molecular formula is C12H12N2O4S2. The van der Waals surface area contributed by atoms with Gasteiger partial charge in [-0.2, -0.15) is 0 Å². The Hall–Kier alpha value is -1.77. The van der Waals surface area contributed by atoms with E-state index in [2.05, 4.69) is 14.4 Å². The molecule has 0 atom stereocenters. The number of carbonyl (C=O) groups excluding carboxylic acids is 1. The zero-order valence-electron chi connectivity index (χ0n) is 10.6. The predicted octanol–water partition coefficient (Wildman–Crippen LogP) is 1.41. The Morgan fingerprint density at radius 1 is 1.40 bits per heavy atom. The fraction of sp³-hybridized carbons (Fsp3) is 0.167. The average Bonchev–Trinajstić information content (AvgIpc) is 2.96. The third-order valence-electron chi connectivity index (χ3n) is 2.46. The third-order valence-corrected chi connectivity index (χ3v) is 4.93. The van der Waals surface area contributed by atoms with E-state index in [1.54, 1.807) is 24.4 Å². The van der Waals surface area contributed by atoms with E-state index in [0.717, 1.165) is 11.3 Å². The van der Waals surface area contributed by atoms with Crippen LogP contribution in [0, 0.1) is 0 Å². The number of sulfonamides is 1. The van der Waals surface area contributed by atoms with Crippen LogP contribution in [-0.4, -0.2) is 26.5 Å². The molecule has 2 heterocycles. The van der Waals surface area contributed by atoms with Gasteiger partial charge in [-0.1, -0.05) is 6.07 Å². The number of esters is 1. The van der Waals surface area contributed by atoms with E-state index < -0.39 is 16.0 Å². The fourth-order valence-electron chi connectivity index (χ4n) is 1.50. The molecule has 0 unspecified atom stereocenters. The highest BCUT2D eigenvalue weighted by Crippen LogP contribution is 2.22. The molecule has 20 heavy (non-hydrogen) atoms. The number of nitrogens with zero attached hydrogens (tertiary/aromatic N) is 1. The zero-order valence-corrected chi connectivity index (χ0v) is 12.2. The number of hydrogen-bond acceptors (Lipinski definition) is 6. The van der Waals surface area contributed by atoms with E-state index in [9.17, 15) is 13.2 Å². The van der Waals surface area contributed by atoms with Gasteiger partial charge < -0.3 is 4.74 Å². The first-order valence-corrected chi connectivity index (χ1v) is 7.96. The lowest BCUT2D eigenvalue weighted by atomic mass is 10.4. The molecule has 2 aromatic heterocycles. The van der Waals surface area contributed by atoms with Crippen molar-refractivity contribution in [2.75, 3.05) is 7.11 Å². The van der Waals surface area contributed by atoms with Crippen LogP contribution >= 0.6 is 11.3 Å². The summed E-state index contributed by atoms with van der Waals surface area (Å²) in [6.07, 6.45) is 1.58. The Kier molecular flexibility index (Phi) is 4.48. The second-order valence-electron chi connectivity index (χ2n) is 3.75. The van der Waals surface area contributed by atoms with Crippen LogP contribution in [0.1, 0.15) is 15.4 Å². The number of rotatable bonds is 5. The van der Waals surface area contributed by atoms with Crippen LogP contribution in [0.15, 0.2) is 40.7 Å². The molecule has 0 amide bonds. The topological polar surface area (TPSA) is 85.4 Å². The van der Waals surface area contributed by atoms with Crippen molar-refractivity contribution >= 4 is 27.3 Å². The summed E-state index contributed by atoms with van der Waals surface area (Å²) < 4.78 is 31.3. The molecule has 2 rings (SSSR count). The molecule has 0 saturated heterocycles. The van der Waals surface area contributed by atoms with Gasteiger partial charge >= 0.3 is 5.97 Å². The van der Waals surface area contributed by atoms with Gasteiger partial charge in [0.05, 0.1) is 19.3 Å². The van der Waals surface area contributed by atoms with Crippen molar-refractivity contribution in [3.05, 3.63) is 46.4 Å². The van der Waals surface area contributed by atoms with Gasteiger partial charge in [-0.3, -0.25) is 4.98 Å². The van der Waals surface area contributed by atoms with Crippen LogP contribution in [0.3, 0.4) is 0 Å². The summed E-state index contributed by atoms with van der Waals surface area (Å²) >= 11 is 1.02. The van der Waals surface area contributed by atoms with Gasteiger partial charge in [0.25, 0.3) is 0 Å². The summed E-state index contributed by atoms with van der Waals surface area (Å²) in [7, 11) is -2.57. The maximum atomic E-state index is 12.2. The van der Waals surface area contributed by atoms with E-state index in [4.69, 9.17) is 0 Å². The molecule has 0 aromatic carbocycles. The van der Waals surface area contributed by atoms with Gasteiger partial charge in [-0.05, 0) is 23.6 Å². The second-order valence-corrected chi connectivity index (χ2v) is 6.40. The van der Waals surface area contributed by atoms with Crippen molar-refractivity contribution in [2.24, 2.45) is 0 Å². The van der Waals surface area contributed by atoms with E-state index in [0.29, 0.717) is 5.69 Å². The van der Waals surface area contributed by atoms with Crippen molar-refractivity contribution in [1.29, 1.82) is 0 Å². The van der Waals surface area contributed by atoms with Gasteiger partial charge in [0.15, 0.2) is 0 Å². The Labute approximate surface area is 120 Å². The van der Waals surface area contributed by atoms with Crippen LogP contribution in [0.4, 0.5) is 0 Å². The maximum Gasteiger partial charge on any atom is 0.349 e. The Morgan fingerprint density at radius 2 is 2.20 bits per heavy atom. The zero-order chi connectivity index (χ0) is 14.6. The molecular weight excluding hydrogens is 300 g/mol. The van der Waals surface area contributed by atoms with Crippen LogP contribution in [0.5, 0.6) is 0 Å². The second kappa shape index (κ2) is 6.12. The summed E-state index contributed by atoms with van der Waals surface area (Å²) in [5, 5.41) is 1.53. The number of ether oxygens (including phenoxy) is 1. The summed E-state index contributed by atoms with van der Waals surface area (Å²) in [5.74, 6) is -0.668. The molecule has 0 aliphatic carbocycles. The van der Waals surface area contributed by atoms with E-state index in [1.165, 1.54) is 18.6 Å². The fourth-order valence-corrected chi connectivity index (χ4v) is 3.83. The SMILES string of the molecule is COC(=O)c1sccc1S(=O)(=O)NCc1ccccn1. The van der Waals surface area contributed by atoms with Crippen molar-refractivity contribution in [2.45, 2.75) is 11.4 Å². The first-order valence-electron chi connectivity index (χ1n) is 5.60. The number of nitrogens with one attached hydrogen (secondary N) is 1. The molecule has 0 radical (unpaired) electrons. The quantitative estimate of drug-likeness (QED) is 0.844. The average molecular weight is 312 g/mol. The normalized spacial score (nSPS) is 11.2. The van der Waals surface area contributed by atoms with Crippen LogP contribution < -0.4 is 4.72 Å². The summed E-state index contributed by atoms with van der Waals surface area (Å²) in [6, 6.07) is 6.59. The van der Waals surface area contributed by atoms with Crippen molar-refractivity contribution in [1.82, 2.24) is 9.71 Å². The standard InChI is InChI=1S/C12H12N2O4S2/c1-18-12(15)11-10(5-7-19-11)20(16,17)14-8-9-4-2-3-6-13-9/h2-7,14H,8H2,1H3. The largest absolute Gasteiger partial charge is 0.465 e. The molecule has 0 saturated carbocycles. The van der Waals surface area contributed by atoms with E-state index >= 15 is 0 Å². The first kappa shape index (κ1) is 14.6. The molecule has 0 fully saturated rings. The van der Waals surface area contributed by atoms with Crippen LogP contribution in [0.2, 0.25) is 0 Å².